The molecule has 7 heteroatoms. The molecule has 1 saturated heterocycles. The standard InChI is InChI=1S/C21H26FN3O3/c1-13(2)21(20(27)28)9-10-24(12-21)19(26)11-18-14(3)23-25(15(18)4)17-7-5-16(22)6-8-17/h5-8,13H,9-12H2,1-4H3,(H,27,28). The smallest absolute Gasteiger partial charge is 0.311 e. The minimum Gasteiger partial charge on any atom is -0.481 e. The van der Waals surface area contributed by atoms with E-state index in [1.54, 1.807) is 21.7 Å². The molecule has 1 aromatic carbocycles. The van der Waals surface area contributed by atoms with Crippen LogP contribution in [0.3, 0.4) is 0 Å². The maximum atomic E-state index is 13.2. The highest BCUT2D eigenvalue weighted by atomic mass is 19.1. The van der Waals surface area contributed by atoms with Crippen LogP contribution in [-0.2, 0) is 16.0 Å². The summed E-state index contributed by atoms with van der Waals surface area (Å²) in [6.45, 7) is 8.20. The number of halogens is 1. The lowest BCUT2D eigenvalue weighted by Crippen LogP contribution is -2.41. The van der Waals surface area contributed by atoms with Crippen molar-refractivity contribution < 1.29 is 19.1 Å². The Bertz CT molecular complexity index is 904. The van der Waals surface area contributed by atoms with Crippen LogP contribution in [0.2, 0.25) is 0 Å². The first-order chi connectivity index (χ1) is 13.2. The Labute approximate surface area is 164 Å². The third-order valence-corrected chi connectivity index (χ3v) is 6.03. The first-order valence-corrected chi connectivity index (χ1v) is 9.48. The number of carbonyl (C=O) groups excluding carboxylic acids is 1. The fraction of sp³-hybridized carbons (Fsp3) is 0.476. The van der Waals surface area contributed by atoms with Gasteiger partial charge in [0.2, 0.25) is 5.91 Å². The predicted octanol–water partition coefficient (Wildman–Crippen LogP) is 3.13. The van der Waals surface area contributed by atoms with Crippen molar-refractivity contribution in [2.24, 2.45) is 11.3 Å². The lowest BCUT2D eigenvalue weighted by Gasteiger charge is -2.28. The Balaban J connectivity index is 1.80. The van der Waals surface area contributed by atoms with E-state index in [-0.39, 0.29) is 30.6 Å². The van der Waals surface area contributed by atoms with Gasteiger partial charge in [0.25, 0.3) is 0 Å². The molecular weight excluding hydrogens is 361 g/mol. The highest BCUT2D eigenvalue weighted by Gasteiger charge is 2.48. The topological polar surface area (TPSA) is 75.4 Å². The largest absolute Gasteiger partial charge is 0.481 e. The Kier molecular flexibility index (Phi) is 5.28. The summed E-state index contributed by atoms with van der Waals surface area (Å²) in [6, 6.07) is 6.03. The van der Waals surface area contributed by atoms with Crippen molar-refractivity contribution in [1.29, 1.82) is 0 Å². The highest BCUT2D eigenvalue weighted by Crippen LogP contribution is 2.38. The van der Waals surface area contributed by atoms with Crippen LogP contribution in [0.1, 0.15) is 37.2 Å². The van der Waals surface area contributed by atoms with Crippen LogP contribution in [0.5, 0.6) is 0 Å². The zero-order valence-corrected chi connectivity index (χ0v) is 16.7. The van der Waals surface area contributed by atoms with Crippen molar-refractivity contribution in [3.05, 3.63) is 47.0 Å². The van der Waals surface area contributed by atoms with E-state index in [0.717, 1.165) is 22.6 Å². The summed E-state index contributed by atoms with van der Waals surface area (Å²) < 4.78 is 14.9. The number of likely N-dealkylation sites (tertiary alicyclic amines) is 1. The second-order valence-electron chi connectivity index (χ2n) is 7.90. The average molecular weight is 387 g/mol. The van der Waals surface area contributed by atoms with Crippen LogP contribution in [0.15, 0.2) is 24.3 Å². The summed E-state index contributed by atoms with van der Waals surface area (Å²) in [5, 5.41) is 14.2. The van der Waals surface area contributed by atoms with Gasteiger partial charge in [-0.05, 0) is 50.5 Å². The van der Waals surface area contributed by atoms with Crippen molar-refractivity contribution in [1.82, 2.24) is 14.7 Å². The molecule has 1 aromatic heterocycles. The normalized spacial score (nSPS) is 19.4. The van der Waals surface area contributed by atoms with Crippen molar-refractivity contribution >= 4 is 11.9 Å². The fourth-order valence-electron chi connectivity index (χ4n) is 3.97. The SMILES string of the molecule is Cc1nn(-c2ccc(F)cc2)c(C)c1CC(=O)N1CCC(C(=O)O)(C(C)C)C1. The van der Waals surface area contributed by atoms with Crippen molar-refractivity contribution in [2.45, 2.75) is 40.5 Å². The van der Waals surface area contributed by atoms with E-state index in [9.17, 15) is 19.1 Å². The number of rotatable bonds is 5. The number of aromatic nitrogens is 2. The molecule has 6 nitrogen and oxygen atoms in total. The van der Waals surface area contributed by atoms with E-state index >= 15 is 0 Å². The highest BCUT2D eigenvalue weighted by molar-refractivity contribution is 5.82. The summed E-state index contributed by atoms with van der Waals surface area (Å²) in [4.78, 5) is 26.3. The quantitative estimate of drug-likeness (QED) is 0.855. The third kappa shape index (κ3) is 3.41. The van der Waals surface area contributed by atoms with Gasteiger partial charge >= 0.3 is 5.97 Å². The zero-order chi connectivity index (χ0) is 20.6. The maximum absolute atomic E-state index is 13.2. The summed E-state index contributed by atoms with van der Waals surface area (Å²) in [5.74, 6) is -1.29. The van der Waals surface area contributed by atoms with Gasteiger partial charge in [-0.3, -0.25) is 9.59 Å². The molecule has 0 bridgehead atoms. The van der Waals surface area contributed by atoms with Crippen LogP contribution in [0.4, 0.5) is 4.39 Å². The number of benzene rings is 1. The van der Waals surface area contributed by atoms with Gasteiger partial charge in [-0.1, -0.05) is 13.8 Å². The molecule has 1 aliphatic rings. The van der Waals surface area contributed by atoms with Gasteiger partial charge < -0.3 is 10.0 Å². The number of carboxylic acids is 1. The number of carboxylic acid groups (broad SMARTS) is 1. The molecule has 2 aromatic rings. The first kappa shape index (κ1) is 20.0. The van der Waals surface area contributed by atoms with E-state index in [2.05, 4.69) is 5.10 Å². The van der Waals surface area contributed by atoms with Gasteiger partial charge in [0.1, 0.15) is 5.82 Å². The van der Waals surface area contributed by atoms with E-state index in [4.69, 9.17) is 0 Å². The monoisotopic (exact) mass is 387 g/mol. The summed E-state index contributed by atoms with van der Waals surface area (Å²) in [6.07, 6.45) is 0.644. The van der Waals surface area contributed by atoms with E-state index in [0.29, 0.717) is 13.0 Å². The molecule has 0 saturated carbocycles. The van der Waals surface area contributed by atoms with E-state index < -0.39 is 11.4 Å². The average Bonchev–Trinajstić information content (AvgIpc) is 3.21. The number of nitrogens with zero attached hydrogens (tertiary/aromatic N) is 3. The third-order valence-electron chi connectivity index (χ3n) is 6.03. The molecule has 1 aliphatic heterocycles. The summed E-state index contributed by atoms with van der Waals surface area (Å²) >= 11 is 0. The Morgan fingerprint density at radius 2 is 1.89 bits per heavy atom. The number of aryl methyl sites for hydroxylation is 1. The number of hydrogen-bond donors (Lipinski definition) is 1. The van der Waals surface area contributed by atoms with Crippen molar-refractivity contribution in [2.75, 3.05) is 13.1 Å². The second kappa shape index (κ2) is 7.37. The summed E-state index contributed by atoms with van der Waals surface area (Å²) in [7, 11) is 0. The molecule has 0 spiro atoms. The van der Waals surface area contributed by atoms with E-state index in [1.807, 2.05) is 27.7 Å². The molecule has 0 radical (unpaired) electrons. The molecule has 1 unspecified atom stereocenters. The van der Waals surface area contributed by atoms with Gasteiger partial charge in [-0.2, -0.15) is 5.10 Å². The molecule has 3 rings (SSSR count). The van der Waals surface area contributed by atoms with Gasteiger partial charge in [-0.25, -0.2) is 9.07 Å². The first-order valence-electron chi connectivity index (χ1n) is 9.48. The molecular formula is C21H26FN3O3. The van der Waals surface area contributed by atoms with Crippen LogP contribution in [-0.4, -0.2) is 44.8 Å². The predicted molar refractivity (Wildman–Crippen MR) is 103 cm³/mol. The molecule has 1 atom stereocenters. The maximum Gasteiger partial charge on any atom is 0.311 e. The lowest BCUT2D eigenvalue weighted by molar-refractivity contribution is -0.151. The van der Waals surface area contributed by atoms with Gasteiger partial charge in [-0.15, -0.1) is 0 Å². The van der Waals surface area contributed by atoms with Crippen LogP contribution < -0.4 is 0 Å². The zero-order valence-electron chi connectivity index (χ0n) is 16.7. The van der Waals surface area contributed by atoms with Gasteiger partial charge in [0.15, 0.2) is 0 Å². The molecule has 1 fully saturated rings. The molecule has 28 heavy (non-hydrogen) atoms. The number of carbonyl (C=O) groups is 2. The minimum absolute atomic E-state index is 0.0486. The lowest BCUT2D eigenvalue weighted by atomic mass is 9.76. The molecule has 2 heterocycles. The van der Waals surface area contributed by atoms with Gasteiger partial charge in [0.05, 0.1) is 23.2 Å². The Hall–Kier alpha value is -2.70. The van der Waals surface area contributed by atoms with Crippen LogP contribution in [0.25, 0.3) is 5.69 Å². The molecule has 1 amide bonds. The second-order valence-corrected chi connectivity index (χ2v) is 7.90. The number of hydrogen-bond acceptors (Lipinski definition) is 3. The molecule has 1 N–H and O–H groups in total. The van der Waals surface area contributed by atoms with E-state index in [1.165, 1.54) is 12.1 Å². The number of amides is 1. The Morgan fingerprint density at radius 3 is 2.43 bits per heavy atom. The van der Waals surface area contributed by atoms with Crippen LogP contribution >= 0.6 is 0 Å². The molecule has 150 valence electrons. The minimum atomic E-state index is -0.877. The molecule has 0 aliphatic carbocycles. The van der Waals surface area contributed by atoms with Crippen molar-refractivity contribution in [3.8, 4) is 5.69 Å². The van der Waals surface area contributed by atoms with Crippen LogP contribution in [0, 0.1) is 31.0 Å². The van der Waals surface area contributed by atoms with Gasteiger partial charge in [0, 0.05) is 24.3 Å². The number of aliphatic carboxylic acids is 1. The summed E-state index contributed by atoms with van der Waals surface area (Å²) in [5.41, 5.74) is 2.24. The Morgan fingerprint density at radius 1 is 1.25 bits per heavy atom. The van der Waals surface area contributed by atoms with Crippen molar-refractivity contribution in [3.63, 3.8) is 0 Å². The fourth-order valence-corrected chi connectivity index (χ4v) is 3.97.